The van der Waals surface area contributed by atoms with Gasteiger partial charge in [-0.05, 0) is 67.2 Å². The van der Waals surface area contributed by atoms with Gasteiger partial charge in [-0.3, -0.25) is 0 Å². The van der Waals surface area contributed by atoms with Gasteiger partial charge in [0.1, 0.15) is 0 Å². The highest BCUT2D eigenvalue weighted by molar-refractivity contribution is 7.29. The molecule has 0 amide bonds. The van der Waals surface area contributed by atoms with E-state index in [2.05, 4.69) is 103 Å². The van der Waals surface area contributed by atoms with Crippen molar-refractivity contribution < 1.29 is 0 Å². The molecule has 0 unspecified atom stereocenters. The second kappa shape index (κ2) is 6.54. The standard InChI is InChI=1S/C31H17S2/c1-3-11-20-18(9-1)17-19-10-2-4-12-21(19)26(20)29-27-22-13-5-7-15-24(22)32-30(27)31-28(29)23-14-6-8-16-25(23)33-31/h1-17H. The number of rotatable bonds is 1. The summed E-state index contributed by atoms with van der Waals surface area (Å²) in [6, 6.07) is 37.9. The molecule has 1 radical (unpaired) electrons. The Bertz CT molecular complexity index is 1750. The van der Waals surface area contributed by atoms with Crippen LogP contribution in [0.5, 0.6) is 0 Å². The van der Waals surface area contributed by atoms with Gasteiger partial charge in [0, 0.05) is 9.40 Å². The Morgan fingerprint density at radius 3 is 1.33 bits per heavy atom. The average molecular weight is 454 g/mol. The van der Waals surface area contributed by atoms with E-state index in [4.69, 9.17) is 0 Å². The van der Waals surface area contributed by atoms with Gasteiger partial charge in [-0.1, -0.05) is 84.9 Å². The van der Waals surface area contributed by atoms with E-state index in [0.29, 0.717) is 0 Å². The molecule has 0 aliphatic heterocycles. The summed E-state index contributed by atoms with van der Waals surface area (Å²) in [6.45, 7) is 0. The Labute approximate surface area is 199 Å². The van der Waals surface area contributed by atoms with Crippen LogP contribution in [-0.4, -0.2) is 0 Å². The number of benzene rings is 5. The van der Waals surface area contributed by atoms with Gasteiger partial charge in [0.25, 0.3) is 0 Å². The smallest absolute Gasteiger partial charge is 0.0684 e. The zero-order valence-electron chi connectivity index (χ0n) is 17.6. The molecule has 0 nitrogen and oxygen atoms in total. The van der Waals surface area contributed by atoms with Gasteiger partial charge in [-0.15, -0.1) is 22.7 Å². The molecular formula is C31H17S2. The molecule has 8 rings (SSSR count). The van der Waals surface area contributed by atoms with Crippen LogP contribution >= 0.6 is 22.7 Å². The minimum atomic E-state index is 1.30. The van der Waals surface area contributed by atoms with E-state index in [0.717, 1.165) is 0 Å². The lowest BCUT2D eigenvalue weighted by molar-refractivity contribution is 1.37. The summed E-state index contributed by atoms with van der Waals surface area (Å²) >= 11 is 3.89. The fourth-order valence-electron chi connectivity index (χ4n) is 5.57. The van der Waals surface area contributed by atoms with Crippen LogP contribution in [0.2, 0.25) is 0 Å². The highest BCUT2D eigenvalue weighted by Gasteiger charge is 2.39. The fourth-order valence-corrected chi connectivity index (χ4v) is 8.13. The van der Waals surface area contributed by atoms with Crippen molar-refractivity contribution >= 4 is 64.4 Å². The van der Waals surface area contributed by atoms with E-state index in [1.54, 1.807) is 0 Å². The Morgan fingerprint density at radius 2 is 0.818 bits per heavy atom. The molecule has 0 bridgehead atoms. The van der Waals surface area contributed by atoms with Gasteiger partial charge in [-0.2, -0.15) is 0 Å². The lowest BCUT2D eigenvalue weighted by atomic mass is 9.82. The zero-order valence-corrected chi connectivity index (χ0v) is 19.3. The molecule has 1 aliphatic rings. The zero-order chi connectivity index (χ0) is 21.5. The number of fused-ring (bicyclic) bond motifs is 9. The van der Waals surface area contributed by atoms with Crippen LogP contribution in [0, 0.1) is 5.92 Å². The number of hydrogen-bond acceptors (Lipinski definition) is 2. The van der Waals surface area contributed by atoms with Crippen molar-refractivity contribution in [2.75, 3.05) is 0 Å². The van der Waals surface area contributed by atoms with Crippen molar-refractivity contribution in [2.45, 2.75) is 0 Å². The van der Waals surface area contributed by atoms with Crippen molar-refractivity contribution in [3.8, 4) is 9.75 Å². The van der Waals surface area contributed by atoms with E-state index < -0.39 is 0 Å². The molecule has 33 heavy (non-hydrogen) atoms. The molecule has 2 aromatic heterocycles. The van der Waals surface area contributed by atoms with Crippen LogP contribution in [0.1, 0.15) is 16.7 Å². The van der Waals surface area contributed by atoms with Crippen molar-refractivity contribution in [1.29, 1.82) is 0 Å². The van der Waals surface area contributed by atoms with Crippen LogP contribution in [0.4, 0.5) is 0 Å². The molecule has 2 heteroatoms. The molecule has 0 saturated carbocycles. The minimum Gasteiger partial charge on any atom is -0.134 e. The Kier molecular flexibility index (Phi) is 3.57. The van der Waals surface area contributed by atoms with Crippen molar-refractivity contribution in [1.82, 2.24) is 0 Å². The Morgan fingerprint density at radius 1 is 0.394 bits per heavy atom. The second-order valence-corrected chi connectivity index (χ2v) is 10.8. The monoisotopic (exact) mass is 453 g/mol. The van der Waals surface area contributed by atoms with Crippen LogP contribution in [0.25, 0.3) is 51.5 Å². The van der Waals surface area contributed by atoms with Gasteiger partial charge < -0.3 is 0 Å². The van der Waals surface area contributed by atoms with E-state index in [1.807, 2.05) is 22.7 Å². The first-order chi connectivity index (χ1) is 16.4. The topological polar surface area (TPSA) is 0 Å². The molecule has 1 aliphatic carbocycles. The number of thiophene rings is 2. The lowest BCUT2D eigenvalue weighted by Crippen LogP contribution is -2.03. The normalized spacial score (nSPS) is 13.3. The van der Waals surface area contributed by atoms with Gasteiger partial charge >= 0.3 is 0 Å². The predicted molar refractivity (Wildman–Crippen MR) is 145 cm³/mol. The van der Waals surface area contributed by atoms with Gasteiger partial charge in [0.15, 0.2) is 0 Å². The summed E-state index contributed by atoms with van der Waals surface area (Å²) in [4.78, 5) is 2.86. The summed E-state index contributed by atoms with van der Waals surface area (Å²) in [5, 5.41) is 8.00. The van der Waals surface area contributed by atoms with Crippen LogP contribution in [-0.2, 0) is 0 Å². The molecule has 0 atom stereocenters. The molecule has 0 saturated heterocycles. The Hall–Kier alpha value is -3.46. The predicted octanol–water partition coefficient (Wildman–Crippen LogP) is 9.42. The third-order valence-electron chi connectivity index (χ3n) is 6.92. The van der Waals surface area contributed by atoms with E-state index in [1.165, 1.54) is 74.1 Å². The summed E-state index contributed by atoms with van der Waals surface area (Å²) in [5.74, 6) is 1.41. The first-order valence-corrected chi connectivity index (χ1v) is 12.8. The molecular weight excluding hydrogens is 436 g/mol. The highest BCUT2D eigenvalue weighted by Crippen LogP contribution is 2.60. The van der Waals surface area contributed by atoms with Crippen LogP contribution < -0.4 is 0 Å². The third kappa shape index (κ3) is 2.35. The Balaban J connectivity index is 1.61. The van der Waals surface area contributed by atoms with E-state index in [9.17, 15) is 0 Å². The van der Waals surface area contributed by atoms with Crippen LogP contribution in [0.15, 0.2) is 103 Å². The maximum Gasteiger partial charge on any atom is 0.0684 e. The fraction of sp³-hybridized carbons (Fsp3) is 0. The summed E-state index contributed by atoms with van der Waals surface area (Å²) in [6.07, 6.45) is 0. The first kappa shape index (κ1) is 18.0. The van der Waals surface area contributed by atoms with E-state index >= 15 is 0 Å². The maximum absolute atomic E-state index is 2.34. The molecule has 0 N–H and O–H groups in total. The summed E-state index contributed by atoms with van der Waals surface area (Å²) in [5.41, 5.74) is 4.21. The van der Waals surface area contributed by atoms with Gasteiger partial charge in [0.2, 0.25) is 0 Å². The molecule has 7 aromatic rings. The second-order valence-electron chi connectivity index (χ2n) is 8.67. The summed E-state index contributed by atoms with van der Waals surface area (Å²) < 4.78 is 2.74. The lowest BCUT2D eigenvalue weighted by Gasteiger charge is -2.19. The minimum absolute atomic E-state index is 1.30. The molecule has 2 heterocycles. The quantitative estimate of drug-likeness (QED) is 0.217. The summed E-state index contributed by atoms with van der Waals surface area (Å²) in [7, 11) is 0. The third-order valence-corrected chi connectivity index (χ3v) is 9.42. The van der Waals surface area contributed by atoms with Crippen molar-refractivity contribution in [3.63, 3.8) is 0 Å². The average Bonchev–Trinajstić information content (AvgIpc) is 3.51. The molecule has 0 fully saturated rings. The molecule has 0 spiro atoms. The SMILES string of the molecule is c1ccc2c([C]3c4c(sc5ccccc45)-c4sc5ccccc5c43)c3ccccc3cc2c1. The molecule has 5 aromatic carbocycles. The molecule has 153 valence electrons. The maximum atomic E-state index is 2.34. The first-order valence-electron chi connectivity index (χ1n) is 11.2. The number of hydrogen-bond donors (Lipinski definition) is 0. The highest BCUT2D eigenvalue weighted by atomic mass is 32.1. The van der Waals surface area contributed by atoms with Gasteiger partial charge in [0.05, 0.1) is 15.7 Å². The van der Waals surface area contributed by atoms with Crippen molar-refractivity contribution in [2.24, 2.45) is 0 Å². The van der Waals surface area contributed by atoms with Gasteiger partial charge in [-0.25, -0.2) is 0 Å². The van der Waals surface area contributed by atoms with Crippen molar-refractivity contribution in [3.05, 3.63) is 126 Å². The largest absolute Gasteiger partial charge is 0.134 e. The van der Waals surface area contributed by atoms with E-state index in [-0.39, 0.29) is 0 Å². The van der Waals surface area contributed by atoms with Crippen LogP contribution in [0.3, 0.4) is 0 Å².